The molecule has 2 rings (SSSR count). The minimum atomic E-state index is 0.520. The molecule has 3 heteroatoms. The normalized spacial score (nSPS) is 11.0. The van der Waals surface area contributed by atoms with Gasteiger partial charge >= 0.3 is 0 Å². The number of halogens is 1. The quantitative estimate of drug-likeness (QED) is 0.742. The Hall–Kier alpha value is -0.960. The van der Waals surface area contributed by atoms with E-state index in [1.54, 1.807) is 0 Å². The van der Waals surface area contributed by atoms with Crippen LogP contribution in [-0.2, 0) is 12.3 Å². The molecule has 0 amide bonds. The van der Waals surface area contributed by atoms with Gasteiger partial charge in [0.25, 0.3) is 0 Å². The van der Waals surface area contributed by atoms with Crippen LogP contribution in [0, 0.1) is 0 Å². The molecule has 0 unspecified atom stereocenters. The van der Waals surface area contributed by atoms with Crippen molar-refractivity contribution in [3.05, 3.63) is 64.7 Å². The van der Waals surface area contributed by atoms with Gasteiger partial charge in [-0.2, -0.15) is 0 Å². The number of rotatable bonds is 6. The molecular formula is C17H20ClNS. The Morgan fingerprint density at radius 1 is 1.05 bits per heavy atom. The van der Waals surface area contributed by atoms with Crippen LogP contribution >= 0.6 is 23.4 Å². The maximum atomic E-state index is 5.99. The molecule has 2 aromatic carbocycles. The summed E-state index contributed by atoms with van der Waals surface area (Å²) in [5, 5.41) is 4.23. The number of hydrogen-bond acceptors (Lipinski definition) is 2. The molecule has 106 valence electrons. The first-order chi connectivity index (χ1) is 9.63. The summed E-state index contributed by atoms with van der Waals surface area (Å²) in [6, 6.07) is 17.3. The topological polar surface area (TPSA) is 12.0 Å². The smallest absolute Gasteiger partial charge is 0.0409 e. The van der Waals surface area contributed by atoms with Crippen molar-refractivity contribution in [2.75, 3.05) is 0 Å². The molecule has 2 aromatic rings. The predicted octanol–water partition coefficient (Wildman–Crippen LogP) is 5.13. The van der Waals surface area contributed by atoms with Crippen molar-refractivity contribution in [1.29, 1.82) is 0 Å². The Morgan fingerprint density at radius 2 is 1.80 bits per heavy atom. The fourth-order valence-corrected chi connectivity index (χ4v) is 2.87. The zero-order valence-electron chi connectivity index (χ0n) is 11.9. The number of nitrogens with one attached hydrogen (secondary N) is 1. The summed E-state index contributed by atoms with van der Waals surface area (Å²) < 4.78 is 0. The lowest BCUT2D eigenvalue weighted by Crippen LogP contribution is -2.21. The lowest BCUT2D eigenvalue weighted by molar-refractivity contribution is 0.588. The summed E-state index contributed by atoms with van der Waals surface area (Å²) in [7, 11) is 0. The van der Waals surface area contributed by atoms with Crippen LogP contribution in [0.5, 0.6) is 0 Å². The minimum absolute atomic E-state index is 0.520. The molecule has 0 fully saturated rings. The molecule has 0 radical (unpaired) electrons. The first kappa shape index (κ1) is 15.4. The van der Waals surface area contributed by atoms with E-state index >= 15 is 0 Å². The van der Waals surface area contributed by atoms with E-state index in [0.717, 1.165) is 17.3 Å². The summed E-state index contributed by atoms with van der Waals surface area (Å²) in [6.45, 7) is 5.25. The number of thioether (sulfide) groups is 1. The van der Waals surface area contributed by atoms with Gasteiger partial charge in [0.1, 0.15) is 0 Å². The molecule has 0 aliphatic carbocycles. The van der Waals surface area contributed by atoms with Crippen LogP contribution in [0.15, 0.2) is 53.4 Å². The summed E-state index contributed by atoms with van der Waals surface area (Å²) in [4.78, 5) is 1.29. The molecule has 0 saturated carbocycles. The lowest BCUT2D eigenvalue weighted by atomic mass is 10.2. The Kier molecular flexibility index (Phi) is 5.96. The first-order valence-electron chi connectivity index (χ1n) is 6.83. The number of hydrogen-bond donors (Lipinski definition) is 1. The summed E-state index contributed by atoms with van der Waals surface area (Å²) in [5.74, 6) is 0.949. The molecule has 1 nitrogen and oxygen atoms in total. The molecule has 0 aliphatic rings. The molecule has 0 bridgehead atoms. The van der Waals surface area contributed by atoms with Crippen molar-refractivity contribution in [3.8, 4) is 0 Å². The van der Waals surface area contributed by atoms with Crippen LogP contribution in [0.4, 0.5) is 0 Å². The maximum Gasteiger partial charge on any atom is 0.0409 e. The highest BCUT2D eigenvalue weighted by Crippen LogP contribution is 2.24. The molecule has 0 saturated heterocycles. The van der Waals surface area contributed by atoms with Gasteiger partial charge in [-0.25, -0.2) is 0 Å². The van der Waals surface area contributed by atoms with E-state index in [1.807, 2.05) is 30.0 Å². The maximum absolute atomic E-state index is 5.99. The fraction of sp³-hybridized carbons (Fsp3) is 0.294. The van der Waals surface area contributed by atoms with Crippen LogP contribution in [0.3, 0.4) is 0 Å². The predicted molar refractivity (Wildman–Crippen MR) is 89.4 cm³/mol. The lowest BCUT2D eigenvalue weighted by Gasteiger charge is -2.08. The Labute approximate surface area is 130 Å². The fourth-order valence-electron chi connectivity index (χ4n) is 1.82. The highest BCUT2D eigenvalue weighted by Gasteiger charge is 1.99. The summed E-state index contributed by atoms with van der Waals surface area (Å²) >= 11 is 7.83. The molecule has 0 heterocycles. The van der Waals surface area contributed by atoms with Crippen LogP contribution in [0.25, 0.3) is 0 Å². The second kappa shape index (κ2) is 7.72. The Bertz CT molecular complexity index is 537. The second-order valence-electron chi connectivity index (χ2n) is 5.10. The largest absolute Gasteiger partial charge is 0.310 e. The minimum Gasteiger partial charge on any atom is -0.310 e. The van der Waals surface area contributed by atoms with E-state index < -0.39 is 0 Å². The van der Waals surface area contributed by atoms with Gasteiger partial charge in [0.2, 0.25) is 0 Å². The van der Waals surface area contributed by atoms with Crippen molar-refractivity contribution < 1.29 is 0 Å². The zero-order chi connectivity index (χ0) is 14.4. The van der Waals surface area contributed by atoms with E-state index in [4.69, 9.17) is 11.6 Å². The Balaban J connectivity index is 1.87. The van der Waals surface area contributed by atoms with E-state index in [0.29, 0.717) is 6.04 Å². The SMILES string of the molecule is CC(C)NCc1ccc(SCc2cccc(Cl)c2)cc1. The van der Waals surface area contributed by atoms with Gasteiger partial charge < -0.3 is 5.32 Å². The van der Waals surface area contributed by atoms with Gasteiger partial charge in [-0.15, -0.1) is 11.8 Å². The van der Waals surface area contributed by atoms with E-state index in [9.17, 15) is 0 Å². The summed E-state index contributed by atoms with van der Waals surface area (Å²) in [5.41, 5.74) is 2.58. The molecule has 0 spiro atoms. The highest BCUT2D eigenvalue weighted by molar-refractivity contribution is 7.98. The van der Waals surface area contributed by atoms with Crippen molar-refractivity contribution in [2.45, 2.75) is 37.1 Å². The van der Waals surface area contributed by atoms with Gasteiger partial charge in [0, 0.05) is 28.3 Å². The number of benzene rings is 2. The van der Waals surface area contributed by atoms with E-state index in [-0.39, 0.29) is 0 Å². The van der Waals surface area contributed by atoms with Crippen LogP contribution in [0.2, 0.25) is 5.02 Å². The summed E-state index contributed by atoms with van der Waals surface area (Å²) in [6.07, 6.45) is 0. The molecule has 0 atom stereocenters. The van der Waals surface area contributed by atoms with Gasteiger partial charge in [0.05, 0.1) is 0 Å². The molecular weight excluding hydrogens is 286 g/mol. The van der Waals surface area contributed by atoms with Crippen molar-refractivity contribution in [2.24, 2.45) is 0 Å². The average Bonchev–Trinajstić information content (AvgIpc) is 2.44. The van der Waals surface area contributed by atoms with Gasteiger partial charge in [-0.05, 0) is 35.4 Å². The second-order valence-corrected chi connectivity index (χ2v) is 6.58. The monoisotopic (exact) mass is 305 g/mol. The molecule has 0 aliphatic heterocycles. The van der Waals surface area contributed by atoms with Gasteiger partial charge in [0.15, 0.2) is 0 Å². The third kappa shape index (κ3) is 5.20. The molecule has 20 heavy (non-hydrogen) atoms. The first-order valence-corrected chi connectivity index (χ1v) is 8.19. The van der Waals surface area contributed by atoms with Gasteiger partial charge in [-0.1, -0.05) is 49.7 Å². The van der Waals surface area contributed by atoms with Gasteiger partial charge in [-0.3, -0.25) is 0 Å². The van der Waals surface area contributed by atoms with E-state index in [1.165, 1.54) is 16.0 Å². The third-order valence-corrected chi connectivity index (χ3v) is 4.25. The van der Waals surface area contributed by atoms with Crippen LogP contribution in [-0.4, -0.2) is 6.04 Å². The standard InChI is InChI=1S/C17H20ClNS/c1-13(2)19-11-14-6-8-17(9-7-14)20-12-15-4-3-5-16(18)10-15/h3-10,13,19H,11-12H2,1-2H3. The van der Waals surface area contributed by atoms with Crippen molar-refractivity contribution in [3.63, 3.8) is 0 Å². The van der Waals surface area contributed by atoms with Crippen molar-refractivity contribution in [1.82, 2.24) is 5.32 Å². The zero-order valence-corrected chi connectivity index (χ0v) is 13.5. The Morgan fingerprint density at radius 3 is 2.45 bits per heavy atom. The van der Waals surface area contributed by atoms with E-state index in [2.05, 4.69) is 49.5 Å². The van der Waals surface area contributed by atoms with Crippen LogP contribution < -0.4 is 5.32 Å². The average molecular weight is 306 g/mol. The van der Waals surface area contributed by atoms with Crippen molar-refractivity contribution >= 4 is 23.4 Å². The highest BCUT2D eigenvalue weighted by atomic mass is 35.5. The third-order valence-electron chi connectivity index (χ3n) is 2.93. The van der Waals surface area contributed by atoms with Crippen LogP contribution in [0.1, 0.15) is 25.0 Å². The molecule has 1 N–H and O–H groups in total. The molecule has 0 aromatic heterocycles.